The molecule has 1 fully saturated rings. The molecular formula is C20H22F4N4O6. The van der Waals surface area contributed by atoms with Crippen LogP contribution in [0.5, 0.6) is 0 Å². The number of carboxylic acids is 2. The van der Waals surface area contributed by atoms with Crippen molar-refractivity contribution < 1.29 is 47.0 Å². The second-order valence-electron chi connectivity index (χ2n) is 6.77. The lowest BCUT2D eigenvalue weighted by molar-refractivity contribution is -0.192. The number of terminal acetylenes is 1. The molecule has 0 unspecified atom stereocenters. The molecule has 0 spiro atoms. The van der Waals surface area contributed by atoms with Gasteiger partial charge in [0.15, 0.2) is 0 Å². The topological polar surface area (TPSA) is 148 Å². The van der Waals surface area contributed by atoms with E-state index in [1.165, 1.54) is 12.1 Å². The molecule has 0 saturated carbocycles. The van der Waals surface area contributed by atoms with Crippen molar-refractivity contribution in [2.24, 2.45) is 0 Å². The normalized spacial score (nSPS) is 14.0. The summed E-state index contributed by atoms with van der Waals surface area (Å²) in [7, 11) is 0. The molecule has 10 nitrogen and oxygen atoms in total. The molecular weight excluding hydrogens is 468 g/mol. The maximum atomic E-state index is 14.0. The van der Waals surface area contributed by atoms with E-state index >= 15 is 0 Å². The maximum Gasteiger partial charge on any atom is 0.490 e. The smallest absolute Gasteiger partial charge is 0.481 e. The second kappa shape index (κ2) is 13.0. The highest BCUT2D eigenvalue weighted by Crippen LogP contribution is 2.19. The number of piperazine rings is 1. The van der Waals surface area contributed by atoms with E-state index in [4.69, 9.17) is 21.4 Å². The fourth-order valence-electron chi connectivity index (χ4n) is 2.63. The summed E-state index contributed by atoms with van der Waals surface area (Å²) < 4.78 is 45.8. The van der Waals surface area contributed by atoms with E-state index in [9.17, 15) is 31.9 Å². The first-order valence-electron chi connectivity index (χ1n) is 9.66. The number of carboxylic acid groups (broad SMARTS) is 2. The number of amides is 2. The minimum absolute atomic E-state index is 0.169. The summed E-state index contributed by atoms with van der Waals surface area (Å²) in [6.07, 6.45) is -0.367. The second-order valence-corrected chi connectivity index (χ2v) is 6.77. The molecule has 1 heterocycles. The van der Waals surface area contributed by atoms with Gasteiger partial charge < -0.3 is 31.1 Å². The third-order valence-corrected chi connectivity index (χ3v) is 4.24. The summed E-state index contributed by atoms with van der Waals surface area (Å²) in [6, 6.07) is 3.28. The summed E-state index contributed by atoms with van der Waals surface area (Å²) in [5.74, 6) is -3.87. The van der Waals surface area contributed by atoms with Crippen LogP contribution in [0, 0.1) is 18.2 Å². The highest BCUT2D eigenvalue weighted by atomic mass is 19.4. The number of alkyl halides is 3. The zero-order valence-electron chi connectivity index (χ0n) is 17.6. The number of anilines is 1. The zero-order chi connectivity index (χ0) is 25.9. The van der Waals surface area contributed by atoms with Crippen molar-refractivity contribution in [1.29, 1.82) is 0 Å². The Hall–Kier alpha value is -3.86. The molecule has 1 atom stereocenters. The number of halogens is 4. The Balaban J connectivity index is 0.000000718. The van der Waals surface area contributed by atoms with Gasteiger partial charge in [-0.05, 0) is 18.2 Å². The molecule has 1 saturated heterocycles. The van der Waals surface area contributed by atoms with Crippen LogP contribution in [0.3, 0.4) is 0 Å². The van der Waals surface area contributed by atoms with E-state index in [0.717, 1.165) is 31.9 Å². The van der Waals surface area contributed by atoms with Crippen LogP contribution in [0.1, 0.15) is 16.8 Å². The number of aliphatic carboxylic acids is 2. The first kappa shape index (κ1) is 28.2. The van der Waals surface area contributed by atoms with E-state index in [1.54, 1.807) is 6.07 Å². The van der Waals surface area contributed by atoms with Gasteiger partial charge in [-0.15, -0.1) is 6.42 Å². The Morgan fingerprint density at radius 1 is 1.18 bits per heavy atom. The van der Waals surface area contributed by atoms with E-state index in [2.05, 4.69) is 21.9 Å². The third-order valence-electron chi connectivity index (χ3n) is 4.24. The number of hydrogen-bond acceptors (Lipinski definition) is 6. The predicted molar refractivity (Wildman–Crippen MR) is 111 cm³/mol. The van der Waals surface area contributed by atoms with E-state index in [-0.39, 0.29) is 5.56 Å². The molecule has 186 valence electrons. The van der Waals surface area contributed by atoms with E-state index in [0.29, 0.717) is 0 Å². The molecule has 0 aromatic heterocycles. The molecule has 0 bridgehead atoms. The van der Waals surface area contributed by atoms with Crippen LogP contribution in [0.2, 0.25) is 0 Å². The molecule has 0 aliphatic carbocycles. The Bertz CT molecular complexity index is 942. The molecule has 5 N–H and O–H groups in total. The van der Waals surface area contributed by atoms with Gasteiger partial charge in [0.25, 0.3) is 5.91 Å². The number of benzene rings is 1. The number of nitrogens with one attached hydrogen (secondary N) is 3. The zero-order valence-corrected chi connectivity index (χ0v) is 17.6. The van der Waals surface area contributed by atoms with Gasteiger partial charge in [-0.2, -0.15) is 13.2 Å². The van der Waals surface area contributed by atoms with Crippen LogP contribution in [0.15, 0.2) is 18.2 Å². The molecule has 1 aromatic rings. The highest BCUT2D eigenvalue weighted by Gasteiger charge is 2.38. The van der Waals surface area contributed by atoms with Crippen LogP contribution >= 0.6 is 0 Å². The van der Waals surface area contributed by atoms with Crippen molar-refractivity contribution >= 4 is 29.4 Å². The van der Waals surface area contributed by atoms with Gasteiger partial charge in [0.1, 0.15) is 11.9 Å². The Labute approximate surface area is 191 Å². The standard InChI is InChI=1S/C18H21FN4O4.C2HF3O2/c1-2-12(9-17(25)26)22-16(24)11-21-18(27)14-10-13(3-4-15(14)19)23-7-5-20-6-8-23;3-2(4,5)1(6)7/h1,3-4,10,12,20H,5-9,11H2,(H,21,27)(H,22,24)(H,25,26);(H,6,7)/t12-;/m1./s1. The number of carbonyl (C=O) groups is 4. The number of rotatable bonds is 7. The van der Waals surface area contributed by atoms with Crippen molar-refractivity contribution in [3.05, 3.63) is 29.6 Å². The first-order valence-corrected chi connectivity index (χ1v) is 9.66. The molecule has 1 aromatic carbocycles. The van der Waals surface area contributed by atoms with Crippen LogP contribution in [0.4, 0.5) is 23.2 Å². The van der Waals surface area contributed by atoms with Crippen molar-refractivity contribution in [2.45, 2.75) is 18.6 Å². The molecule has 1 aliphatic rings. The molecule has 2 rings (SSSR count). The average molecular weight is 490 g/mol. The SMILES string of the molecule is C#C[C@H](CC(=O)O)NC(=O)CNC(=O)c1cc(N2CCNCC2)ccc1F.O=C(O)C(F)(F)F. The molecule has 0 radical (unpaired) electrons. The largest absolute Gasteiger partial charge is 0.490 e. The molecule has 1 aliphatic heterocycles. The van der Waals surface area contributed by atoms with Crippen LogP contribution in [-0.4, -0.2) is 78.9 Å². The van der Waals surface area contributed by atoms with Crippen molar-refractivity contribution in [2.75, 3.05) is 37.6 Å². The Morgan fingerprint density at radius 2 is 1.76 bits per heavy atom. The van der Waals surface area contributed by atoms with Gasteiger partial charge in [-0.25, -0.2) is 9.18 Å². The number of nitrogens with zero attached hydrogens (tertiary/aromatic N) is 1. The van der Waals surface area contributed by atoms with Crippen molar-refractivity contribution in [1.82, 2.24) is 16.0 Å². The third kappa shape index (κ3) is 9.74. The molecule has 14 heteroatoms. The lowest BCUT2D eigenvalue weighted by atomic mass is 10.1. The number of hydrogen-bond donors (Lipinski definition) is 5. The Morgan fingerprint density at radius 3 is 2.26 bits per heavy atom. The van der Waals surface area contributed by atoms with Gasteiger partial charge in [-0.1, -0.05) is 5.92 Å². The van der Waals surface area contributed by atoms with Gasteiger partial charge in [-0.3, -0.25) is 14.4 Å². The highest BCUT2D eigenvalue weighted by molar-refractivity contribution is 5.97. The fourth-order valence-corrected chi connectivity index (χ4v) is 2.63. The number of carbonyl (C=O) groups excluding carboxylic acids is 2. The van der Waals surface area contributed by atoms with Crippen LogP contribution < -0.4 is 20.9 Å². The van der Waals surface area contributed by atoms with E-state index < -0.39 is 54.8 Å². The van der Waals surface area contributed by atoms with Crippen LogP contribution in [0.25, 0.3) is 0 Å². The molecule has 34 heavy (non-hydrogen) atoms. The van der Waals surface area contributed by atoms with Gasteiger partial charge in [0.2, 0.25) is 5.91 Å². The first-order chi connectivity index (χ1) is 15.8. The summed E-state index contributed by atoms with van der Waals surface area (Å²) in [4.78, 5) is 45.6. The predicted octanol–water partition coefficient (Wildman–Crippen LogP) is 0.191. The summed E-state index contributed by atoms with van der Waals surface area (Å²) in [6.45, 7) is 2.63. The quantitative estimate of drug-likeness (QED) is 0.269. The fraction of sp³-hybridized carbons (Fsp3) is 0.400. The van der Waals surface area contributed by atoms with Gasteiger partial charge in [0, 0.05) is 31.9 Å². The van der Waals surface area contributed by atoms with Crippen LogP contribution in [-0.2, 0) is 14.4 Å². The summed E-state index contributed by atoms with van der Waals surface area (Å²) >= 11 is 0. The minimum Gasteiger partial charge on any atom is -0.481 e. The van der Waals surface area contributed by atoms with Crippen molar-refractivity contribution in [3.8, 4) is 12.3 Å². The lowest BCUT2D eigenvalue weighted by Gasteiger charge is -2.29. The van der Waals surface area contributed by atoms with Gasteiger partial charge in [0.05, 0.1) is 18.5 Å². The summed E-state index contributed by atoms with van der Waals surface area (Å²) in [5.41, 5.74) is 0.555. The minimum atomic E-state index is -5.08. The van der Waals surface area contributed by atoms with E-state index in [1.807, 2.05) is 4.90 Å². The monoisotopic (exact) mass is 490 g/mol. The molecule has 2 amide bonds. The van der Waals surface area contributed by atoms with Gasteiger partial charge >= 0.3 is 18.1 Å². The van der Waals surface area contributed by atoms with Crippen molar-refractivity contribution in [3.63, 3.8) is 0 Å². The Kier molecular flexibility index (Phi) is 10.8. The summed E-state index contributed by atoms with van der Waals surface area (Å²) in [5, 5.41) is 23.6. The maximum absolute atomic E-state index is 14.0. The lowest BCUT2D eigenvalue weighted by Crippen LogP contribution is -2.44. The average Bonchev–Trinajstić information content (AvgIpc) is 2.77.